The van der Waals surface area contributed by atoms with Gasteiger partial charge in [-0.25, -0.2) is 0 Å². The van der Waals surface area contributed by atoms with Gasteiger partial charge in [0.15, 0.2) is 6.20 Å². The monoisotopic (exact) mass is 135 g/mol. The van der Waals surface area contributed by atoms with Crippen molar-refractivity contribution in [1.82, 2.24) is 5.10 Å². The van der Waals surface area contributed by atoms with E-state index in [1.807, 2.05) is 24.5 Å². The second kappa shape index (κ2) is 3.77. The molecule has 0 N–H and O–H groups in total. The molecule has 0 saturated heterocycles. The maximum Gasteiger partial charge on any atom is 0.202 e. The first-order valence-corrected chi connectivity index (χ1v) is 3.42. The minimum atomic E-state index is 1.05. The summed E-state index contributed by atoms with van der Waals surface area (Å²) in [5, 5.41) is 4.05. The van der Waals surface area contributed by atoms with E-state index in [0.29, 0.717) is 0 Å². The Morgan fingerprint density at radius 1 is 1.50 bits per heavy atom. The summed E-state index contributed by atoms with van der Waals surface area (Å²) >= 11 is 0. The predicted octanol–water partition coefficient (Wildman–Crippen LogP) is 1.25. The first kappa shape index (κ1) is 6.93. The Morgan fingerprint density at radius 3 is 3.00 bits per heavy atom. The van der Waals surface area contributed by atoms with E-state index in [4.69, 9.17) is 0 Å². The summed E-state index contributed by atoms with van der Waals surface area (Å²) in [7, 11) is 0. The van der Waals surface area contributed by atoms with E-state index in [1.54, 1.807) is 10.9 Å². The van der Waals surface area contributed by atoms with Crippen molar-refractivity contribution in [2.75, 3.05) is 0 Å². The van der Waals surface area contributed by atoms with Crippen LogP contribution in [0.25, 0.3) is 6.20 Å². The quantitative estimate of drug-likeness (QED) is 0.558. The van der Waals surface area contributed by atoms with Crippen molar-refractivity contribution in [1.29, 1.82) is 0 Å². The molecule has 1 rings (SSSR count). The highest BCUT2D eigenvalue weighted by atomic mass is 15.2. The third-order valence-electron chi connectivity index (χ3n) is 1.13. The summed E-state index contributed by atoms with van der Waals surface area (Å²) in [5.74, 6) is 0. The summed E-state index contributed by atoms with van der Waals surface area (Å²) in [6.45, 7) is 2.10. The lowest BCUT2D eigenvalue weighted by molar-refractivity contribution is -0.634. The first-order valence-electron chi connectivity index (χ1n) is 3.42. The van der Waals surface area contributed by atoms with Crippen LogP contribution in [0.5, 0.6) is 0 Å². The molecule has 0 unspecified atom stereocenters. The summed E-state index contributed by atoms with van der Waals surface area (Å²) in [6, 6.07) is 3.85. The summed E-state index contributed by atoms with van der Waals surface area (Å²) in [5.41, 5.74) is 0. The molecule has 0 amide bonds. The van der Waals surface area contributed by atoms with E-state index < -0.39 is 0 Å². The highest BCUT2D eigenvalue weighted by Gasteiger charge is 1.88. The molecule has 0 atom stereocenters. The number of hydrogen-bond acceptors (Lipinski definition) is 1. The summed E-state index contributed by atoms with van der Waals surface area (Å²) in [4.78, 5) is 0. The van der Waals surface area contributed by atoms with E-state index in [2.05, 4.69) is 18.1 Å². The van der Waals surface area contributed by atoms with E-state index in [1.165, 1.54) is 0 Å². The topological polar surface area (TPSA) is 16.8 Å². The third kappa shape index (κ3) is 1.97. The molecule has 52 valence electrons. The van der Waals surface area contributed by atoms with Crippen LogP contribution < -0.4 is 4.68 Å². The van der Waals surface area contributed by atoms with Crippen molar-refractivity contribution in [2.24, 2.45) is 0 Å². The molecular formula is C8H11N2+. The highest BCUT2D eigenvalue weighted by Crippen LogP contribution is 1.77. The molecule has 0 bridgehead atoms. The SMILES string of the molecule is CC/C=C/[n+]1ccccn1. The maximum atomic E-state index is 4.05. The van der Waals surface area contributed by atoms with E-state index in [9.17, 15) is 0 Å². The molecule has 0 aliphatic heterocycles. The third-order valence-corrected chi connectivity index (χ3v) is 1.13. The lowest BCUT2D eigenvalue weighted by Crippen LogP contribution is -2.29. The number of allylic oxidation sites excluding steroid dienone is 1. The van der Waals surface area contributed by atoms with Crippen LogP contribution in [-0.4, -0.2) is 5.10 Å². The molecule has 0 aliphatic carbocycles. The normalized spacial score (nSPS) is 10.5. The minimum Gasteiger partial charge on any atom is -0.0616 e. The van der Waals surface area contributed by atoms with Gasteiger partial charge in [0, 0.05) is 6.07 Å². The van der Waals surface area contributed by atoms with Gasteiger partial charge in [0.25, 0.3) is 0 Å². The molecule has 0 aromatic carbocycles. The largest absolute Gasteiger partial charge is 0.202 e. The van der Waals surface area contributed by atoms with Gasteiger partial charge in [-0.05, 0) is 23.7 Å². The molecule has 0 fully saturated rings. The molecular weight excluding hydrogens is 124 g/mol. The molecule has 1 aromatic rings. The Bertz CT molecular complexity index is 204. The van der Waals surface area contributed by atoms with Crippen molar-refractivity contribution in [3.8, 4) is 0 Å². The molecule has 1 aromatic heterocycles. The van der Waals surface area contributed by atoms with Crippen molar-refractivity contribution < 1.29 is 4.68 Å². The summed E-state index contributed by atoms with van der Waals surface area (Å²) in [6.07, 6.45) is 8.72. The number of nitrogens with zero attached hydrogens (tertiary/aromatic N) is 2. The lowest BCUT2D eigenvalue weighted by atomic mass is 10.5. The van der Waals surface area contributed by atoms with Crippen LogP contribution in [0, 0.1) is 0 Å². The van der Waals surface area contributed by atoms with Crippen LogP contribution in [0.2, 0.25) is 0 Å². The molecule has 0 saturated carbocycles. The number of aromatic nitrogens is 2. The Kier molecular flexibility index (Phi) is 2.62. The standard InChI is InChI=1S/C8H11N2/c1-2-3-7-10-8-5-4-6-9-10/h3-8H,2H2,1H3/q+1/b7-3+. The van der Waals surface area contributed by atoms with Gasteiger partial charge in [0.1, 0.15) is 0 Å². The molecule has 2 nitrogen and oxygen atoms in total. The van der Waals surface area contributed by atoms with Gasteiger partial charge in [-0.15, -0.1) is 0 Å². The van der Waals surface area contributed by atoms with Crippen LogP contribution in [0.3, 0.4) is 0 Å². The van der Waals surface area contributed by atoms with Crippen molar-refractivity contribution in [3.63, 3.8) is 0 Å². The van der Waals surface area contributed by atoms with E-state index in [0.717, 1.165) is 6.42 Å². The van der Waals surface area contributed by atoms with Gasteiger partial charge < -0.3 is 0 Å². The predicted molar refractivity (Wildman–Crippen MR) is 40.1 cm³/mol. The van der Waals surface area contributed by atoms with E-state index in [-0.39, 0.29) is 0 Å². The van der Waals surface area contributed by atoms with Crippen molar-refractivity contribution >= 4 is 6.20 Å². The number of rotatable bonds is 2. The molecule has 0 radical (unpaired) electrons. The van der Waals surface area contributed by atoms with Crippen LogP contribution in [0.4, 0.5) is 0 Å². The first-order chi connectivity index (χ1) is 4.93. The van der Waals surface area contributed by atoms with Crippen molar-refractivity contribution in [3.05, 3.63) is 30.6 Å². The fourth-order valence-electron chi connectivity index (χ4n) is 0.643. The fourth-order valence-corrected chi connectivity index (χ4v) is 0.643. The molecule has 2 heteroatoms. The summed E-state index contributed by atoms with van der Waals surface area (Å²) < 4.78 is 1.78. The smallest absolute Gasteiger partial charge is 0.0616 e. The lowest BCUT2D eigenvalue weighted by Gasteiger charge is -1.79. The Hall–Kier alpha value is -1.18. The Morgan fingerprint density at radius 2 is 2.40 bits per heavy atom. The second-order valence-corrected chi connectivity index (χ2v) is 1.97. The Labute approximate surface area is 60.8 Å². The van der Waals surface area contributed by atoms with Crippen LogP contribution in [-0.2, 0) is 0 Å². The molecule has 0 aliphatic rings. The Balaban J connectivity index is 2.67. The van der Waals surface area contributed by atoms with E-state index >= 15 is 0 Å². The van der Waals surface area contributed by atoms with Gasteiger partial charge in [0.05, 0.1) is 6.20 Å². The highest BCUT2D eigenvalue weighted by molar-refractivity contribution is 5.03. The average molecular weight is 135 g/mol. The maximum absolute atomic E-state index is 4.05. The van der Waals surface area contributed by atoms with Crippen molar-refractivity contribution in [2.45, 2.75) is 13.3 Å². The van der Waals surface area contributed by atoms with Crippen LogP contribution in [0.1, 0.15) is 13.3 Å². The second-order valence-electron chi connectivity index (χ2n) is 1.97. The van der Waals surface area contributed by atoms with Gasteiger partial charge in [-0.1, -0.05) is 11.6 Å². The van der Waals surface area contributed by atoms with Crippen LogP contribution >= 0.6 is 0 Å². The zero-order valence-corrected chi connectivity index (χ0v) is 6.07. The molecule has 0 spiro atoms. The number of hydrogen-bond donors (Lipinski definition) is 0. The zero-order valence-electron chi connectivity index (χ0n) is 6.07. The van der Waals surface area contributed by atoms with Crippen LogP contribution in [0.15, 0.2) is 30.6 Å². The minimum absolute atomic E-state index is 1.05. The van der Waals surface area contributed by atoms with Gasteiger partial charge in [-0.3, -0.25) is 0 Å². The fraction of sp³-hybridized carbons (Fsp3) is 0.250. The van der Waals surface area contributed by atoms with Gasteiger partial charge in [-0.2, -0.15) is 0 Å². The van der Waals surface area contributed by atoms with Gasteiger partial charge in [0.2, 0.25) is 6.20 Å². The average Bonchev–Trinajstić information content (AvgIpc) is 2.03. The van der Waals surface area contributed by atoms with Gasteiger partial charge >= 0.3 is 0 Å². The molecule has 1 heterocycles. The molecule has 10 heavy (non-hydrogen) atoms. The zero-order chi connectivity index (χ0) is 7.23.